The Labute approximate surface area is 169 Å². The summed E-state index contributed by atoms with van der Waals surface area (Å²) in [6, 6.07) is 14.2. The second kappa shape index (κ2) is 10.1. The summed E-state index contributed by atoms with van der Waals surface area (Å²) in [6.07, 6.45) is 1.48. The fourth-order valence-electron chi connectivity index (χ4n) is 2.54. The summed E-state index contributed by atoms with van der Waals surface area (Å²) in [5, 5.41) is 14.4. The van der Waals surface area contributed by atoms with Crippen LogP contribution in [0.25, 0.3) is 6.08 Å². The maximum atomic E-state index is 12.8. The molecule has 0 fully saturated rings. The van der Waals surface area contributed by atoms with Gasteiger partial charge in [-0.05, 0) is 41.8 Å². The van der Waals surface area contributed by atoms with Crippen LogP contribution in [0.2, 0.25) is 0 Å². The van der Waals surface area contributed by atoms with Crippen molar-refractivity contribution >= 4 is 23.9 Å². The van der Waals surface area contributed by atoms with Crippen LogP contribution in [0, 0.1) is 5.92 Å². The van der Waals surface area contributed by atoms with Crippen LogP contribution in [0.5, 0.6) is 5.75 Å². The lowest BCUT2D eigenvalue weighted by Crippen LogP contribution is -2.47. The fraction of sp³-hybridized carbons (Fsp3) is 0.227. The SMILES string of the molecule is COc1ccc(/C=C(/NC(=O)c2ccccc2)C(=O)NC(C(=O)O)C(C)C)cc1. The molecule has 1 atom stereocenters. The largest absolute Gasteiger partial charge is 0.497 e. The highest BCUT2D eigenvalue weighted by molar-refractivity contribution is 6.06. The molecule has 2 aromatic carbocycles. The van der Waals surface area contributed by atoms with E-state index in [1.54, 1.807) is 75.6 Å². The molecule has 3 N–H and O–H groups in total. The molecule has 2 amide bonds. The zero-order chi connectivity index (χ0) is 21.4. The minimum absolute atomic E-state index is 0.0593. The Morgan fingerprint density at radius 3 is 2.14 bits per heavy atom. The molecule has 2 aromatic rings. The topological polar surface area (TPSA) is 105 Å². The number of amides is 2. The number of benzene rings is 2. The van der Waals surface area contributed by atoms with Crippen molar-refractivity contribution in [1.29, 1.82) is 0 Å². The van der Waals surface area contributed by atoms with Crippen LogP contribution in [-0.2, 0) is 9.59 Å². The Bertz CT molecular complexity index is 889. The van der Waals surface area contributed by atoms with Crippen LogP contribution in [0.15, 0.2) is 60.3 Å². The summed E-state index contributed by atoms with van der Waals surface area (Å²) in [5.41, 5.74) is 0.955. The van der Waals surface area contributed by atoms with Gasteiger partial charge in [0.15, 0.2) is 0 Å². The van der Waals surface area contributed by atoms with E-state index in [9.17, 15) is 19.5 Å². The summed E-state index contributed by atoms with van der Waals surface area (Å²) in [4.78, 5) is 36.7. The quantitative estimate of drug-likeness (QED) is 0.595. The number of nitrogens with one attached hydrogen (secondary N) is 2. The number of hydrogen-bond acceptors (Lipinski definition) is 4. The molecule has 0 aromatic heterocycles. The van der Waals surface area contributed by atoms with Gasteiger partial charge in [-0.2, -0.15) is 0 Å². The third-order valence-electron chi connectivity index (χ3n) is 4.17. The van der Waals surface area contributed by atoms with Crippen molar-refractivity contribution in [3.05, 3.63) is 71.4 Å². The molecule has 1 unspecified atom stereocenters. The minimum atomic E-state index is -1.15. The molecule has 0 radical (unpaired) electrons. The van der Waals surface area contributed by atoms with Crippen molar-refractivity contribution in [2.75, 3.05) is 7.11 Å². The fourth-order valence-corrected chi connectivity index (χ4v) is 2.54. The molecular weight excluding hydrogens is 372 g/mol. The average Bonchev–Trinajstić information content (AvgIpc) is 2.71. The van der Waals surface area contributed by atoms with Gasteiger partial charge in [0.2, 0.25) is 0 Å². The zero-order valence-electron chi connectivity index (χ0n) is 16.5. The van der Waals surface area contributed by atoms with Gasteiger partial charge in [-0.15, -0.1) is 0 Å². The number of methoxy groups -OCH3 is 1. The van der Waals surface area contributed by atoms with E-state index in [2.05, 4.69) is 10.6 Å². The standard InChI is InChI=1S/C22H24N2O5/c1-14(2)19(22(27)28)24-21(26)18(13-15-9-11-17(29-3)12-10-15)23-20(25)16-7-5-4-6-8-16/h4-14,19H,1-3H3,(H,23,25)(H,24,26)(H,27,28)/b18-13+. The van der Waals surface area contributed by atoms with E-state index >= 15 is 0 Å². The van der Waals surface area contributed by atoms with Gasteiger partial charge in [0.25, 0.3) is 11.8 Å². The van der Waals surface area contributed by atoms with Crippen LogP contribution < -0.4 is 15.4 Å². The monoisotopic (exact) mass is 396 g/mol. The van der Waals surface area contributed by atoms with Crippen molar-refractivity contribution < 1.29 is 24.2 Å². The van der Waals surface area contributed by atoms with E-state index in [0.29, 0.717) is 16.9 Å². The summed E-state index contributed by atoms with van der Waals surface area (Å²) >= 11 is 0. The van der Waals surface area contributed by atoms with E-state index in [1.165, 1.54) is 6.08 Å². The second-order valence-electron chi connectivity index (χ2n) is 6.68. The Morgan fingerprint density at radius 1 is 1.00 bits per heavy atom. The van der Waals surface area contributed by atoms with Crippen molar-refractivity contribution in [3.63, 3.8) is 0 Å². The lowest BCUT2D eigenvalue weighted by Gasteiger charge is -2.19. The summed E-state index contributed by atoms with van der Waals surface area (Å²) in [5.74, 6) is -2.00. The van der Waals surface area contributed by atoms with Crippen LogP contribution in [0.3, 0.4) is 0 Å². The summed E-state index contributed by atoms with van der Waals surface area (Å²) < 4.78 is 5.11. The first-order valence-electron chi connectivity index (χ1n) is 9.07. The molecule has 0 bridgehead atoms. The third-order valence-corrected chi connectivity index (χ3v) is 4.17. The van der Waals surface area contributed by atoms with Crippen LogP contribution in [-0.4, -0.2) is 36.0 Å². The van der Waals surface area contributed by atoms with Crippen molar-refractivity contribution in [2.24, 2.45) is 5.92 Å². The zero-order valence-corrected chi connectivity index (χ0v) is 16.5. The van der Waals surface area contributed by atoms with Crippen molar-refractivity contribution in [3.8, 4) is 5.75 Å². The molecule has 2 rings (SSSR count). The Hall–Kier alpha value is -3.61. The molecule has 0 saturated heterocycles. The van der Waals surface area contributed by atoms with Gasteiger partial charge in [0.1, 0.15) is 17.5 Å². The van der Waals surface area contributed by atoms with E-state index < -0.39 is 23.8 Å². The van der Waals surface area contributed by atoms with E-state index in [0.717, 1.165) is 0 Å². The average molecular weight is 396 g/mol. The first-order chi connectivity index (χ1) is 13.8. The van der Waals surface area contributed by atoms with Crippen molar-refractivity contribution in [2.45, 2.75) is 19.9 Å². The first-order valence-corrected chi connectivity index (χ1v) is 9.07. The highest BCUT2D eigenvalue weighted by atomic mass is 16.5. The Morgan fingerprint density at radius 2 is 1.62 bits per heavy atom. The van der Waals surface area contributed by atoms with Gasteiger partial charge >= 0.3 is 5.97 Å². The van der Waals surface area contributed by atoms with Crippen LogP contribution in [0.4, 0.5) is 0 Å². The number of carbonyl (C=O) groups excluding carboxylic acids is 2. The number of carboxylic acids is 1. The highest BCUT2D eigenvalue weighted by Crippen LogP contribution is 2.14. The van der Waals surface area contributed by atoms with Crippen LogP contribution in [0.1, 0.15) is 29.8 Å². The van der Waals surface area contributed by atoms with Gasteiger partial charge in [-0.1, -0.05) is 44.2 Å². The molecule has 7 nitrogen and oxygen atoms in total. The van der Waals surface area contributed by atoms with Gasteiger partial charge in [-0.25, -0.2) is 4.79 Å². The van der Waals surface area contributed by atoms with Gasteiger partial charge in [0, 0.05) is 5.56 Å². The normalized spacial score (nSPS) is 12.2. The molecule has 0 heterocycles. The first kappa shape index (κ1) is 21.7. The number of carbonyl (C=O) groups is 3. The smallest absolute Gasteiger partial charge is 0.326 e. The molecule has 0 aliphatic carbocycles. The summed E-state index contributed by atoms with van der Waals surface area (Å²) in [6.45, 7) is 3.38. The lowest BCUT2D eigenvalue weighted by atomic mass is 10.0. The van der Waals surface area contributed by atoms with Gasteiger partial charge in [-0.3, -0.25) is 9.59 Å². The highest BCUT2D eigenvalue weighted by Gasteiger charge is 2.25. The van der Waals surface area contributed by atoms with E-state index in [-0.39, 0.29) is 11.6 Å². The van der Waals surface area contributed by atoms with E-state index in [1.807, 2.05) is 0 Å². The number of hydrogen-bond donors (Lipinski definition) is 3. The minimum Gasteiger partial charge on any atom is -0.497 e. The molecule has 0 spiro atoms. The predicted molar refractivity (Wildman–Crippen MR) is 109 cm³/mol. The molecule has 7 heteroatoms. The number of rotatable bonds is 8. The van der Waals surface area contributed by atoms with Crippen LogP contribution >= 0.6 is 0 Å². The van der Waals surface area contributed by atoms with Gasteiger partial charge in [0.05, 0.1) is 7.11 Å². The number of carboxylic acid groups (broad SMARTS) is 1. The molecular formula is C22H24N2O5. The molecule has 0 aliphatic rings. The number of ether oxygens (including phenoxy) is 1. The van der Waals surface area contributed by atoms with Crippen molar-refractivity contribution in [1.82, 2.24) is 10.6 Å². The Balaban J connectivity index is 2.33. The maximum Gasteiger partial charge on any atom is 0.326 e. The molecule has 0 saturated carbocycles. The second-order valence-corrected chi connectivity index (χ2v) is 6.68. The molecule has 0 aliphatic heterocycles. The Kier molecular flexibility index (Phi) is 7.54. The maximum absolute atomic E-state index is 12.8. The van der Waals surface area contributed by atoms with Gasteiger partial charge < -0.3 is 20.5 Å². The summed E-state index contributed by atoms with van der Waals surface area (Å²) in [7, 11) is 1.54. The third kappa shape index (κ3) is 6.21. The number of aliphatic carboxylic acids is 1. The van der Waals surface area contributed by atoms with E-state index in [4.69, 9.17) is 4.74 Å². The predicted octanol–water partition coefficient (Wildman–Crippen LogP) is 2.69. The lowest BCUT2D eigenvalue weighted by molar-refractivity contribution is -0.142. The molecule has 29 heavy (non-hydrogen) atoms. The molecule has 152 valence electrons.